The van der Waals surface area contributed by atoms with Crippen molar-refractivity contribution in [1.82, 2.24) is 15.2 Å². The van der Waals surface area contributed by atoms with Crippen LogP contribution in [0.3, 0.4) is 0 Å². The molecule has 0 spiro atoms. The highest BCUT2D eigenvalue weighted by atomic mass is 16.5. The minimum atomic E-state index is 0.522. The molecule has 1 aliphatic heterocycles. The van der Waals surface area contributed by atoms with Gasteiger partial charge in [-0.15, -0.1) is 5.10 Å². The summed E-state index contributed by atoms with van der Waals surface area (Å²) in [6.45, 7) is 4.46. The molecule has 0 atom stereocenters. The molecular formula is C18H20N4O2. The maximum absolute atomic E-state index is 5.85. The zero-order valence-corrected chi connectivity index (χ0v) is 13.7. The van der Waals surface area contributed by atoms with Crippen LogP contribution in [0.4, 0.5) is 6.01 Å². The molecule has 1 fully saturated rings. The van der Waals surface area contributed by atoms with Gasteiger partial charge in [0.1, 0.15) is 5.52 Å². The Hall–Kier alpha value is -2.63. The van der Waals surface area contributed by atoms with Gasteiger partial charge in [-0.2, -0.15) is 10.1 Å². The smallest absolute Gasteiger partial charge is 0.298 e. The molecule has 0 radical (unpaired) electrons. The Morgan fingerprint density at radius 1 is 1.12 bits per heavy atom. The van der Waals surface area contributed by atoms with Crippen LogP contribution in [0.25, 0.3) is 11.1 Å². The molecule has 0 N–H and O–H groups in total. The van der Waals surface area contributed by atoms with Crippen molar-refractivity contribution in [2.24, 2.45) is 5.92 Å². The van der Waals surface area contributed by atoms with E-state index in [-0.39, 0.29) is 0 Å². The number of rotatable bonds is 4. The van der Waals surface area contributed by atoms with E-state index in [1.54, 1.807) is 0 Å². The molecule has 1 aliphatic rings. The Kier molecular flexibility index (Phi) is 4.02. The molecule has 3 heterocycles. The van der Waals surface area contributed by atoms with Crippen LogP contribution in [-0.4, -0.2) is 34.9 Å². The number of benzene rings is 1. The van der Waals surface area contributed by atoms with E-state index >= 15 is 0 Å². The van der Waals surface area contributed by atoms with E-state index in [1.807, 2.05) is 43.3 Å². The van der Waals surface area contributed by atoms with Crippen LogP contribution < -0.4 is 9.64 Å². The van der Waals surface area contributed by atoms with Crippen LogP contribution in [0.2, 0.25) is 0 Å². The quantitative estimate of drug-likeness (QED) is 0.734. The van der Waals surface area contributed by atoms with Gasteiger partial charge in [-0.05, 0) is 43.9 Å². The number of hydrogen-bond donors (Lipinski definition) is 0. The minimum absolute atomic E-state index is 0.522. The fourth-order valence-corrected chi connectivity index (χ4v) is 2.95. The van der Waals surface area contributed by atoms with E-state index in [4.69, 9.17) is 9.15 Å². The highest BCUT2D eigenvalue weighted by Gasteiger charge is 2.23. The number of aromatic nitrogens is 3. The molecule has 0 amide bonds. The van der Waals surface area contributed by atoms with Gasteiger partial charge in [-0.1, -0.05) is 12.1 Å². The van der Waals surface area contributed by atoms with Gasteiger partial charge in [-0.3, -0.25) is 0 Å². The van der Waals surface area contributed by atoms with Crippen molar-refractivity contribution in [1.29, 1.82) is 0 Å². The number of hydrogen-bond acceptors (Lipinski definition) is 6. The Bertz CT molecular complexity index is 774. The number of piperidine rings is 1. The van der Waals surface area contributed by atoms with Crippen LogP contribution >= 0.6 is 0 Å². The highest BCUT2D eigenvalue weighted by molar-refractivity contribution is 5.74. The van der Waals surface area contributed by atoms with Gasteiger partial charge in [0, 0.05) is 19.2 Å². The Morgan fingerprint density at radius 3 is 2.71 bits per heavy atom. The third kappa shape index (κ3) is 3.18. The van der Waals surface area contributed by atoms with Crippen molar-refractivity contribution in [2.45, 2.75) is 19.8 Å². The molecule has 6 heteroatoms. The summed E-state index contributed by atoms with van der Waals surface area (Å²) in [5, 5.41) is 8.05. The first-order valence-electron chi connectivity index (χ1n) is 8.31. The van der Waals surface area contributed by atoms with Crippen molar-refractivity contribution in [2.75, 3.05) is 24.6 Å². The monoisotopic (exact) mass is 324 g/mol. The summed E-state index contributed by atoms with van der Waals surface area (Å²) in [5.41, 5.74) is 2.65. The lowest BCUT2D eigenvalue weighted by molar-refractivity contribution is 0.212. The number of nitrogens with zero attached hydrogens (tertiary/aromatic N) is 4. The average molecular weight is 324 g/mol. The van der Waals surface area contributed by atoms with E-state index < -0.39 is 0 Å². The lowest BCUT2D eigenvalue weighted by Crippen LogP contribution is -2.35. The maximum atomic E-state index is 5.85. The molecule has 0 unspecified atom stereocenters. The van der Waals surface area contributed by atoms with Gasteiger partial charge in [0.05, 0.1) is 12.3 Å². The second-order valence-corrected chi connectivity index (χ2v) is 6.22. The minimum Gasteiger partial charge on any atom is -0.476 e. The molecule has 6 nitrogen and oxygen atoms in total. The highest BCUT2D eigenvalue weighted by Crippen LogP contribution is 2.26. The predicted molar refractivity (Wildman–Crippen MR) is 91.2 cm³/mol. The number of para-hydroxylation sites is 2. The van der Waals surface area contributed by atoms with Crippen molar-refractivity contribution in [3.8, 4) is 5.88 Å². The standard InChI is InChI=1S/C18H20N4O2/c1-13-6-7-17(21-20-13)23-12-14-8-10-22(11-9-14)18-19-15-4-2-3-5-16(15)24-18/h2-7,14H,8-12H2,1H3. The molecule has 0 bridgehead atoms. The summed E-state index contributed by atoms with van der Waals surface area (Å²) in [6, 6.07) is 12.4. The molecule has 24 heavy (non-hydrogen) atoms. The van der Waals surface area contributed by atoms with Crippen LogP contribution in [-0.2, 0) is 0 Å². The van der Waals surface area contributed by atoms with E-state index in [2.05, 4.69) is 20.1 Å². The average Bonchev–Trinajstić information content (AvgIpc) is 3.06. The summed E-state index contributed by atoms with van der Waals surface area (Å²) in [6.07, 6.45) is 2.11. The van der Waals surface area contributed by atoms with Crippen molar-refractivity contribution in [3.63, 3.8) is 0 Å². The second kappa shape index (κ2) is 6.47. The molecule has 1 aromatic carbocycles. The molecule has 4 rings (SSSR count). The number of ether oxygens (including phenoxy) is 1. The predicted octanol–water partition coefficient (Wildman–Crippen LogP) is 3.22. The van der Waals surface area contributed by atoms with Gasteiger partial charge in [0.15, 0.2) is 5.58 Å². The van der Waals surface area contributed by atoms with Crippen molar-refractivity contribution in [3.05, 3.63) is 42.1 Å². The van der Waals surface area contributed by atoms with E-state index in [9.17, 15) is 0 Å². The van der Waals surface area contributed by atoms with Gasteiger partial charge in [0.2, 0.25) is 5.88 Å². The third-order valence-corrected chi connectivity index (χ3v) is 4.41. The van der Waals surface area contributed by atoms with Gasteiger partial charge in [-0.25, -0.2) is 0 Å². The van der Waals surface area contributed by atoms with Crippen LogP contribution in [0.1, 0.15) is 18.5 Å². The van der Waals surface area contributed by atoms with E-state index in [1.165, 1.54) is 0 Å². The summed E-state index contributed by atoms with van der Waals surface area (Å²) in [7, 11) is 0. The summed E-state index contributed by atoms with van der Waals surface area (Å²) < 4.78 is 11.6. The maximum Gasteiger partial charge on any atom is 0.298 e. The van der Waals surface area contributed by atoms with Crippen LogP contribution in [0, 0.1) is 12.8 Å². The van der Waals surface area contributed by atoms with Crippen molar-refractivity contribution >= 4 is 17.1 Å². The largest absolute Gasteiger partial charge is 0.476 e. The number of anilines is 1. The molecular weight excluding hydrogens is 304 g/mol. The van der Waals surface area contributed by atoms with Gasteiger partial charge < -0.3 is 14.1 Å². The zero-order valence-electron chi connectivity index (χ0n) is 13.7. The third-order valence-electron chi connectivity index (χ3n) is 4.41. The topological polar surface area (TPSA) is 64.3 Å². The molecule has 3 aromatic rings. The molecule has 2 aromatic heterocycles. The summed E-state index contributed by atoms with van der Waals surface area (Å²) in [5.74, 6) is 1.12. The lowest BCUT2D eigenvalue weighted by Gasteiger charge is -2.30. The first-order valence-corrected chi connectivity index (χ1v) is 8.31. The Morgan fingerprint density at radius 2 is 1.96 bits per heavy atom. The Balaban J connectivity index is 1.32. The summed E-state index contributed by atoms with van der Waals surface area (Å²) in [4.78, 5) is 6.78. The second-order valence-electron chi connectivity index (χ2n) is 6.22. The van der Waals surface area contributed by atoms with Crippen molar-refractivity contribution < 1.29 is 9.15 Å². The summed E-state index contributed by atoms with van der Waals surface area (Å²) >= 11 is 0. The van der Waals surface area contributed by atoms with Gasteiger partial charge >= 0.3 is 0 Å². The van der Waals surface area contributed by atoms with Crippen LogP contribution in [0.15, 0.2) is 40.8 Å². The number of oxazole rings is 1. The number of aryl methyl sites for hydroxylation is 1. The van der Waals surface area contributed by atoms with Gasteiger partial charge in [0.25, 0.3) is 6.01 Å². The van der Waals surface area contributed by atoms with Crippen LogP contribution in [0.5, 0.6) is 5.88 Å². The number of fused-ring (bicyclic) bond motifs is 1. The lowest BCUT2D eigenvalue weighted by atomic mass is 9.98. The van der Waals surface area contributed by atoms with E-state index in [0.29, 0.717) is 18.4 Å². The SMILES string of the molecule is Cc1ccc(OCC2CCN(c3nc4ccccc4o3)CC2)nn1. The first-order chi connectivity index (χ1) is 11.8. The molecule has 0 saturated carbocycles. The zero-order chi connectivity index (χ0) is 16.4. The molecule has 0 aliphatic carbocycles. The fraction of sp³-hybridized carbons (Fsp3) is 0.389. The molecule has 124 valence electrons. The fourth-order valence-electron chi connectivity index (χ4n) is 2.95. The van der Waals surface area contributed by atoms with E-state index in [0.717, 1.165) is 48.7 Å². The Labute approximate surface area is 140 Å². The first kappa shape index (κ1) is 14.9. The molecule has 1 saturated heterocycles. The normalized spacial score (nSPS) is 15.8.